The lowest BCUT2D eigenvalue weighted by molar-refractivity contribution is -0.151. The number of rotatable bonds is 1. The monoisotopic (exact) mass is 259 g/mol. The largest absolute Gasteiger partial charge is 0.423 e. The van der Waals surface area contributed by atoms with E-state index in [-0.39, 0.29) is 5.60 Å². The minimum atomic E-state index is 0.0535. The SMILES string of the molecule is Nc1ccc2oc(N3CCCC4(CCO4)C3)nc2c1. The van der Waals surface area contributed by atoms with Gasteiger partial charge in [0, 0.05) is 18.7 Å². The molecule has 2 aliphatic rings. The van der Waals surface area contributed by atoms with E-state index in [2.05, 4.69) is 9.88 Å². The third-order valence-electron chi connectivity index (χ3n) is 4.18. The normalized spacial score (nSPS) is 26.8. The van der Waals surface area contributed by atoms with Gasteiger partial charge in [-0.05, 0) is 31.0 Å². The molecule has 0 bridgehead atoms. The van der Waals surface area contributed by atoms with E-state index in [0.717, 1.165) is 50.1 Å². The summed E-state index contributed by atoms with van der Waals surface area (Å²) in [4.78, 5) is 6.74. The Balaban J connectivity index is 1.66. The first kappa shape index (κ1) is 11.1. The fourth-order valence-electron chi connectivity index (χ4n) is 3.04. The summed E-state index contributed by atoms with van der Waals surface area (Å²) >= 11 is 0. The molecular weight excluding hydrogens is 242 g/mol. The molecule has 1 atom stereocenters. The Morgan fingerprint density at radius 1 is 1.32 bits per heavy atom. The molecule has 0 aliphatic carbocycles. The van der Waals surface area contributed by atoms with Gasteiger partial charge >= 0.3 is 0 Å². The molecule has 100 valence electrons. The molecule has 0 amide bonds. The number of aromatic nitrogens is 1. The van der Waals surface area contributed by atoms with Crippen molar-refractivity contribution in [3.63, 3.8) is 0 Å². The first-order chi connectivity index (χ1) is 9.24. The van der Waals surface area contributed by atoms with E-state index in [0.29, 0.717) is 11.7 Å². The zero-order valence-electron chi connectivity index (χ0n) is 10.8. The number of anilines is 2. The quantitative estimate of drug-likeness (QED) is 0.795. The Hall–Kier alpha value is -1.75. The van der Waals surface area contributed by atoms with E-state index in [1.807, 2.05) is 18.2 Å². The van der Waals surface area contributed by atoms with Gasteiger partial charge in [-0.1, -0.05) is 0 Å². The molecule has 4 rings (SSSR count). The van der Waals surface area contributed by atoms with Gasteiger partial charge < -0.3 is 19.8 Å². The summed E-state index contributed by atoms with van der Waals surface area (Å²) in [5.74, 6) is 0. The molecule has 0 radical (unpaired) electrons. The average Bonchev–Trinajstić information content (AvgIpc) is 2.80. The molecule has 1 aromatic heterocycles. The number of hydrogen-bond donors (Lipinski definition) is 1. The molecule has 2 aromatic rings. The van der Waals surface area contributed by atoms with E-state index in [1.54, 1.807) is 0 Å². The molecule has 5 nitrogen and oxygen atoms in total. The van der Waals surface area contributed by atoms with Crippen LogP contribution in [0.2, 0.25) is 0 Å². The smallest absolute Gasteiger partial charge is 0.298 e. The van der Waals surface area contributed by atoms with Gasteiger partial charge in [-0.25, -0.2) is 0 Å². The third kappa shape index (κ3) is 1.76. The summed E-state index contributed by atoms with van der Waals surface area (Å²) < 4.78 is 11.6. The molecule has 19 heavy (non-hydrogen) atoms. The number of piperidine rings is 1. The lowest BCUT2D eigenvalue weighted by Gasteiger charge is -2.48. The van der Waals surface area contributed by atoms with E-state index >= 15 is 0 Å². The highest BCUT2D eigenvalue weighted by atomic mass is 16.5. The van der Waals surface area contributed by atoms with Crippen molar-refractivity contribution in [1.82, 2.24) is 4.98 Å². The summed E-state index contributed by atoms with van der Waals surface area (Å²) in [5, 5.41) is 0. The lowest BCUT2D eigenvalue weighted by Crippen LogP contribution is -2.56. The van der Waals surface area contributed by atoms with Crippen LogP contribution in [-0.2, 0) is 4.74 Å². The van der Waals surface area contributed by atoms with E-state index in [9.17, 15) is 0 Å². The zero-order valence-corrected chi connectivity index (χ0v) is 10.8. The van der Waals surface area contributed by atoms with Crippen molar-refractivity contribution in [2.45, 2.75) is 24.9 Å². The third-order valence-corrected chi connectivity index (χ3v) is 4.18. The molecule has 0 saturated carbocycles. The number of hydrogen-bond acceptors (Lipinski definition) is 5. The van der Waals surface area contributed by atoms with E-state index in [1.165, 1.54) is 0 Å². The highest BCUT2D eigenvalue weighted by Gasteiger charge is 2.43. The van der Waals surface area contributed by atoms with Gasteiger partial charge in [-0.15, -0.1) is 0 Å². The average molecular weight is 259 g/mol. The minimum absolute atomic E-state index is 0.0535. The fraction of sp³-hybridized carbons (Fsp3) is 0.500. The maximum absolute atomic E-state index is 5.83. The number of oxazole rings is 1. The minimum Gasteiger partial charge on any atom is -0.423 e. The molecule has 1 unspecified atom stereocenters. The number of ether oxygens (including phenoxy) is 1. The highest BCUT2D eigenvalue weighted by molar-refractivity contribution is 5.78. The van der Waals surface area contributed by atoms with Gasteiger partial charge in [0.1, 0.15) is 5.52 Å². The van der Waals surface area contributed by atoms with Gasteiger partial charge in [0.25, 0.3) is 6.01 Å². The Morgan fingerprint density at radius 3 is 3.00 bits per heavy atom. The molecule has 2 fully saturated rings. The van der Waals surface area contributed by atoms with Crippen molar-refractivity contribution in [3.8, 4) is 0 Å². The van der Waals surface area contributed by atoms with Crippen LogP contribution in [0.1, 0.15) is 19.3 Å². The van der Waals surface area contributed by atoms with Crippen LogP contribution >= 0.6 is 0 Å². The number of nitrogens with two attached hydrogens (primary N) is 1. The predicted molar refractivity (Wildman–Crippen MR) is 73.2 cm³/mol. The number of nitrogen functional groups attached to an aromatic ring is 1. The molecular formula is C14H17N3O2. The Bertz CT molecular complexity index is 618. The summed E-state index contributed by atoms with van der Waals surface area (Å²) in [6.07, 6.45) is 3.42. The van der Waals surface area contributed by atoms with Crippen molar-refractivity contribution in [2.24, 2.45) is 0 Å². The Kier molecular flexibility index (Phi) is 2.26. The van der Waals surface area contributed by atoms with Gasteiger partial charge in [0.2, 0.25) is 0 Å². The van der Waals surface area contributed by atoms with Crippen LogP contribution in [0.5, 0.6) is 0 Å². The molecule has 5 heteroatoms. The highest BCUT2D eigenvalue weighted by Crippen LogP contribution is 2.37. The standard InChI is InChI=1S/C14H17N3O2/c15-10-2-3-12-11(8-10)16-13(19-12)17-6-1-4-14(9-17)5-7-18-14/h2-3,8H,1,4-7,9,15H2. The van der Waals surface area contributed by atoms with Crippen molar-refractivity contribution in [1.29, 1.82) is 0 Å². The number of benzene rings is 1. The number of nitrogens with zero attached hydrogens (tertiary/aromatic N) is 2. The van der Waals surface area contributed by atoms with Crippen LogP contribution < -0.4 is 10.6 Å². The summed E-state index contributed by atoms with van der Waals surface area (Å²) in [5.41, 5.74) is 8.15. The van der Waals surface area contributed by atoms with Crippen molar-refractivity contribution in [2.75, 3.05) is 30.3 Å². The maximum Gasteiger partial charge on any atom is 0.298 e. The van der Waals surface area contributed by atoms with Crippen LogP contribution in [0.15, 0.2) is 22.6 Å². The van der Waals surface area contributed by atoms with E-state index < -0.39 is 0 Å². The molecule has 3 heterocycles. The first-order valence-corrected chi connectivity index (χ1v) is 6.79. The van der Waals surface area contributed by atoms with Gasteiger partial charge in [0.05, 0.1) is 18.8 Å². The lowest BCUT2D eigenvalue weighted by atomic mass is 9.86. The van der Waals surface area contributed by atoms with Gasteiger partial charge in [-0.3, -0.25) is 0 Å². The van der Waals surface area contributed by atoms with Gasteiger partial charge in [0.15, 0.2) is 5.58 Å². The predicted octanol–water partition coefficient (Wildman–Crippen LogP) is 2.17. The summed E-state index contributed by atoms with van der Waals surface area (Å²) in [6.45, 7) is 2.75. The molecule has 1 aromatic carbocycles. The maximum atomic E-state index is 5.83. The van der Waals surface area contributed by atoms with Crippen LogP contribution in [-0.4, -0.2) is 30.3 Å². The van der Waals surface area contributed by atoms with E-state index in [4.69, 9.17) is 14.9 Å². The topological polar surface area (TPSA) is 64.5 Å². The second-order valence-corrected chi connectivity index (χ2v) is 5.53. The molecule has 2 aliphatic heterocycles. The Labute approximate surface area is 111 Å². The molecule has 2 N–H and O–H groups in total. The first-order valence-electron chi connectivity index (χ1n) is 6.79. The molecule has 1 spiro atoms. The Morgan fingerprint density at radius 2 is 2.21 bits per heavy atom. The molecule has 2 saturated heterocycles. The van der Waals surface area contributed by atoms with Crippen LogP contribution in [0.25, 0.3) is 11.1 Å². The fourth-order valence-corrected chi connectivity index (χ4v) is 3.04. The van der Waals surface area contributed by atoms with Crippen LogP contribution in [0.4, 0.5) is 11.7 Å². The summed E-state index contributed by atoms with van der Waals surface area (Å²) in [7, 11) is 0. The number of fused-ring (bicyclic) bond motifs is 1. The second-order valence-electron chi connectivity index (χ2n) is 5.53. The van der Waals surface area contributed by atoms with Crippen LogP contribution in [0.3, 0.4) is 0 Å². The second kappa shape index (κ2) is 3.87. The van der Waals surface area contributed by atoms with Crippen molar-refractivity contribution >= 4 is 22.8 Å². The summed E-state index contributed by atoms with van der Waals surface area (Å²) in [6, 6.07) is 6.25. The van der Waals surface area contributed by atoms with Crippen molar-refractivity contribution in [3.05, 3.63) is 18.2 Å². The van der Waals surface area contributed by atoms with Gasteiger partial charge in [-0.2, -0.15) is 4.98 Å². The zero-order chi connectivity index (χ0) is 12.9. The van der Waals surface area contributed by atoms with Crippen LogP contribution in [0, 0.1) is 0 Å². The van der Waals surface area contributed by atoms with Crippen molar-refractivity contribution < 1.29 is 9.15 Å².